The van der Waals surface area contributed by atoms with E-state index in [-0.39, 0.29) is 24.2 Å². The lowest BCUT2D eigenvalue weighted by Gasteiger charge is -2.29. The third-order valence-electron chi connectivity index (χ3n) is 6.39. The average molecular weight is 498 g/mol. The zero-order chi connectivity index (χ0) is 24.4. The minimum atomic E-state index is -0.675. The first kappa shape index (κ1) is 24.7. The maximum Gasteiger partial charge on any atom is 0.233 e. The molecule has 0 spiro atoms. The summed E-state index contributed by atoms with van der Waals surface area (Å²) in [4.78, 5) is 39.3. The summed E-state index contributed by atoms with van der Waals surface area (Å²) >= 11 is 3.14. The Balaban J connectivity index is 1.43. The van der Waals surface area contributed by atoms with E-state index in [1.807, 2.05) is 45.3 Å². The van der Waals surface area contributed by atoms with E-state index in [9.17, 15) is 14.7 Å². The van der Waals surface area contributed by atoms with Crippen LogP contribution in [-0.2, 0) is 16.0 Å². The molecule has 1 fully saturated rings. The highest BCUT2D eigenvalue weighted by molar-refractivity contribution is 7.13. The van der Waals surface area contributed by atoms with Gasteiger partial charge in [0.2, 0.25) is 5.91 Å². The standard InChI is InChI=1S/C26H31N3O3S2/c1-15(2)23(25-27-12-16(3)34-25)26(32)29-13-20(30)11-21(29)22(31)10-7-18-5-8-19(9-6-18)24-17(4)28-14-33-24/h5-6,8-9,12,14-15,20-21,23,30H,7,10-11,13H2,1-4H3/t20-,21+,23-/m1/s1. The Morgan fingerprint density at radius 3 is 2.50 bits per heavy atom. The van der Waals surface area contributed by atoms with E-state index in [1.54, 1.807) is 22.4 Å². The highest BCUT2D eigenvalue weighted by Gasteiger charge is 2.42. The molecule has 1 aliphatic rings. The Kier molecular flexibility index (Phi) is 7.60. The zero-order valence-corrected chi connectivity index (χ0v) is 21.7. The minimum absolute atomic E-state index is 0.00473. The van der Waals surface area contributed by atoms with Crippen LogP contribution in [0.3, 0.4) is 0 Å². The van der Waals surface area contributed by atoms with Gasteiger partial charge in [0, 0.05) is 30.5 Å². The number of aryl methyl sites for hydroxylation is 3. The Bertz CT molecular complexity index is 1150. The summed E-state index contributed by atoms with van der Waals surface area (Å²) in [5.74, 6) is -0.456. The quantitative estimate of drug-likeness (QED) is 0.484. The summed E-state index contributed by atoms with van der Waals surface area (Å²) in [5, 5.41) is 11.1. The van der Waals surface area contributed by atoms with Crippen LogP contribution in [0, 0.1) is 19.8 Å². The smallest absolute Gasteiger partial charge is 0.233 e. The van der Waals surface area contributed by atoms with Crippen LogP contribution in [0.1, 0.15) is 53.7 Å². The van der Waals surface area contributed by atoms with Crippen molar-refractivity contribution in [3.63, 3.8) is 0 Å². The van der Waals surface area contributed by atoms with Gasteiger partial charge in [-0.15, -0.1) is 22.7 Å². The van der Waals surface area contributed by atoms with Crippen LogP contribution in [0.25, 0.3) is 10.4 Å². The molecule has 4 rings (SSSR count). The Morgan fingerprint density at radius 2 is 1.91 bits per heavy atom. The number of carbonyl (C=O) groups is 2. The summed E-state index contributed by atoms with van der Waals surface area (Å²) in [6, 6.07) is 7.66. The molecule has 8 heteroatoms. The Hall–Kier alpha value is -2.42. The Morgan fingerprint density at radius 1 is 1.18 bits per heavy atom. The predicted octanol–water partition coefficient (Wildman–Crippen LogP) is 4.79. The van der Waals surface area contributed by atoms with Crippen molar-refractivity contribution in [1.29, 1.82) is 0 Å². The van der Waals surface area contributed by atoms with Gasteiger partial charge in [0.05, 0.1) is 34.1 Å². The molecule has 0 aliphatic carbocycles. The number of aliphatic hydroxyl groups excluding tert-OH is 1. The Labute approximate surface area is 208 Å². The predicted molar refractivity (Wildman–Crippen MR) is 136 cm³/mol. The topological polar surface area (TPSA) is 83.4 Å². The number of thiazole rings is 2. The first-order valence-corrected chi connectivity index (χ1v) is 13.4. The molecule has 0 unspecified atom stereocenters. The molecule has 0 bridgehead atoms. The maximum atomic E-state index is 13.5. The number of carbonyl (C=O) groups excluding carboxylic acids is 2. The lowest BCUT2D eigenvalue weighted by atomic mass is 9.93. The second kappa shape index (κ2) is 10.5. The van der Waals surface area contributed by atoms with Gasteiger partial charge in [-0.1, -0.05) is 38.1 Å². The fourth-order valence-corrected chi connectivity index (χ4v) is 6.42. The van der Waals surface area contributed by atoms with Gasteiger partial charge in [0.15, 0.2) is 5.78 Å². The SMILES string of the molecule is Cc1cnc([C@H](C(=O)N2C[C@H](O)C[C@H]2C(=O)CCc2ccc(-c3scnc3C)cc2)C(C)C)s1. The molecule has 0 radical (unpaired) electrons. The molecule has 0 saturated carbocycles. The third kappa shape index (κ3) is 5.29. The van der Waals surface area contributed by atoms with Crippen molar-refractivity contribution in [3.8, 4) is 10.4 Å². The average Bonchev–Trinajstić information content (AvgIpc) is 3.52. The van der Waals surface area contributed by atoms with Crippen molar-refractivity contribution in [2.24, 2.45) is 5.92 Å². The molecule has 6 nitrogen and oxygen atoms in total. The van der Waals surface area contributed by atoms with Crippen LogP contribution in [0.5, 0.6) is 0 Å². The maximum absolute atomic E-state index is 13.5. The summed E-state index contributed by atoms with van der Waals surface area (Å²) < 4.78 is 0. The molecule has 3 heterocycles. The number of aliphatic hydroxyl groups is 1. The largest absolute Gasteiger partial charge is 0.391 e. The van der Waals surface area contributed by atoms with E-state index >= 15 is 0 Å². The lowest BCUT2D eigenvalue weighted by molar-refractivity contribution is -0.139. The van der Waals surface area contributed by atoms with Crippen LogP contribution >= 0.6 is 22.7 Å². The van der Waals surface area contributed by atoms with E-state index in [0.29, 0.717) is 19.3 Å². The molecule has 34 heavy (non-hydrogen) atoms. The second-order valence-electron chi connectivity index (χ2n) is 9.36. The number of Topliss-reactive ketones (excluding diaryl/α,β-unsaturated/α-hetero) is 1. The monoisotopic (exact) mass is 497 g/mol. The van der Waals surface area contributed by atoms with E-state index in [1.165, 1.54) is 11.3 Å². The summed E-state index contributed by atoms with van der Waals surface area (Å²) in [7, 11) is 0. The molecule has 1 saturated heterocycles. The summed E-state index contributed by atoms with van der Waals surface area (Å²) in [6.07, 6.45) is 2.35. The van der Waals surface area contributed by atoms with Crippen LogP contribution in [0.4, 0.5) is 0 Å². The number of hydrogen-bond donors (Lipinski definition) is 1. The number of nitrogens with zero attached hydrogens (tertiary/aromatic N) is 3. The molecule has 2 aromatic heterocycles. The fraction of sp³-hybridized carbons (Fsp3) is 0.462. The molecule has 180 valence electrons. The fourth-order valence-electron chi connectivity index (χ4n) is 4.57. The van der Waals surface area contributed by atoms with Crippen LogP contribution in [0.15, 0.2) is 36.0 Å². The van der Waals surface area contributed by atoms with Crippen LogP contribution in [0.2, 0.25) is 0 Å². The summed E-state index contributed by atoms with van der Waals surface area (Å²) in [6.45, 7) is 8.17. The number of hydrogen-bond acceptors (Lipinski definition) is 7. The van der Waals surface area contributed by atoms with Gasteiger partial charge in [0.25, 0.3) is 0 Å². The number of likely N-dealkylation sites (tertiary alicyclic amines) is 1. The van der Waals surface area contributed by atoms with Gasteiger partial charge in [-0.2, -0.15) is 0 Å². The summed E-state index contributed by atoms with van der Waals surface area (Å²) in [5.41, 5.74) is 5.07. The van der Waals surface area contributed by atoms with Gasteiger partial charge in [0.1, 0.15) is 5.01 Å². The first-order valence-electron chi connectivity index (χ1n) is 11.7. The van der Waals surface area contributed by atoms with Crippen molar-refractivity contribution in [2.75, 3.05) is 6.54 Å². The molecular weight excluding hydrogens is 466 g/mol. The molecule has 3 aromatic rings. The van der Waals surface area contributed by atoms with Crippen molar-refractivity contribution < 1.29 is 14.7 Å². The van der Waals surface area contributed by atoms with Crippen molar-refractivity contribution >= 4 is 34.4 Å². The highest BCUT2D eigenvalue weighted by Crippen LogP contribution is 2.33. The van der Waals surface area contributed by atoms with Gasteiger partial charge in [-0.25, -0.2) is 9.97 Å². The third-order valence-corrected chi connectivity index (χ3v) is 8.37. The van der Waals surface area contributed by atoms with Gasteiger partial charge in [-0.3, -0.25) is 9.59 Å². The normalized spacial score (nSPS) is 19.1. The first-order chi connectivity index (χ1) is 16.2. The minimum Gasteiger partial charge on any atom is -0.391 e. The van der Waals surface area contributed by atoms with Crippen LogP contribution < -0.4 is 0 Å². The number of ketones is 1. The number of amides is 1. The lowest BCUT2D eigenvalue weighted by Crippen LogP contribution is -2.44. The molecule has 1 amide bonds. The number of aromatic nitrogens is 2. The van der Waals surface area contributed by atoms with Gasteiger partial charge < -0.3 is 10.0 Å². The molecule has 1 aliphatic heterocycles. The highest BCUT2D eigenvalue weighted by atomic mass is 32.1. The van der Waals surface area contributed by atoms with Crippen LogP contribution in [-0.4, -0.2) is 50.4 Å². The van der Waals surface area contributed by atoms with E-state index in [2.05, 4.69) is 22.1 Å². The van der Waals surface area contributed by atoms with Crippen molar-refractivity contribution in [3.05, 3.63) is 57.1 Å². The molecule has 3 atom stereocenters. The molecular formula is C26H31N3O3S2. The van der Waals surface area contributed by atoms with E-state index in [4.69, 9.17) is 0 Å². The number of benzene rings is 1. The van der Waals surface area contributed by atoms with Crippen molar-refractivity contribution in [1.82, 2.24) is 14.9 Å². The van der Waals surface area contributed by atoms with Crippen molar-refractivity contribution in [2.45, 2.75) is 65.0 Å². The van der Waals surface area contributed by atoms with Gasteiger partial charge >= 0.3 is 0 Å². The number of rotatable bonds is 8. The molecule has 1 aromatic carbocycles. The number of β-amino-alcohol motifs (C(OH)–C–C–N with tert-alkyl or cyclic N) is 1. The van der Waals surface area contributed by atoms with Gasteiger partial charge in [-0.05, 0) is 37.3 Å². The zero-order valence-electron chi connectivity index (χ0n) is 20.0. The van der Waals surface area contributed by atoms with E-state index in [0.717, 1.165) is 31.6 Å². The molecule has 1 N–H and O–H groups in total. The second-order valence-corrected chi connectivity index (χ2v) is 11.5. The van der Waals surface area contributed by atoms with E-state index < -0.39 is 18.1 Å².